The van der Waals surface area contributed by atoms with Crippen molar-refractivity contribution < 1.29 is 9.90 Å². The molecule has 6 rings (SSSR count). The zero-order valence-corrected chi connectivity index (χ0v) is 17.8. The maximum Gasteiger partial charge on any atom is 0.372 e. The van der Waals surface area contributed by atoms with E-state index in [-0.39, 0.29) is 29.2 Å². The number of hydrogen-bond donors (Lipinski definition) is 3. The number of nitrogens with one attached hydrogen (secondary N) is 1. The van der Waals surface area contributed by atoms with Gasteiger partial charge in [0, 0.05) is 4.88 Å². The van der Waals surface area contributed by atoms with Crippen LogP contribution in [0.1, 0.15) is 66.0 Å². The highest BCUT2D eigenvalue weighted by molar-refractivity contribution is 7.18. The SMILES string of the molecule is Cl.N#CC12CCC(CN)(CC1)CC2.O=C(O)c1nc2sc3c(c2c(=O)[nH]1)CCC3. The van der Waals surface area contributed by atoms with E-state index in [1.54, 1.807) is 0 Å². The van der Waals surface area contributed by atoms with Crippen molar-refractivity contribution in [3.8, 4) is 6.07 Å². The lowest BCUT2D eigenvalue weighted by Gasteiger charge is -2.50. The van der Waals surface area contributed by atoms with E-state index in [9.17, 15) is 9.59 Å². The number of carboxylic acids is 1. The summed E-state index contributed by atoms with van der Waals surface area (Å²) < 4.78 is 0. The van der Waals surface area contributed by atoms with E-state index in [0.29, 0.717) is 15.6 Å². The van der Waals surface area contributed by atoms with Gasteiger partial charge in [0.25, 0.3) is 5.56 Å². The van der Waals surface area contributed by atoms with Gasteiger partial charge < -0.3 is 15.8 Å². The molecule has 0 aliphatic heterocycles. The molecule has 156 valence electrons. The number of thiophene rings is 1. The summed E-state index contributed by atoms with van der Waals surface area (Å²) in [7, 11) is 0. The number of nitrogens with two attached hydrogens (primary N) is 1. The zero-order valence-electron chi connectivity index (χ0n) is 16.1. The van der Waals surface area contributed by atoms with Crippen LogP contribution in [0.3, 0.4) is 0 Å². The van der Waals surface area contributed by atoms with Gasteiger partial charge in [-0.05, 0) is 75.3 Å². The lowest BCUT2D eigenvalue weighted by Crippen LogP contribution is -2.44. The van der Waals surface area contributed by atoms with Gasteiger partial charge in [-0.2, -0.15) is 5.26 Å². The third-order valence-electron chi connectivity index (χ3n) is 6.85. The molecule has 0 atom stereocenters. The molecule has 2 aromatic rings. The standard InChI is InChI=1S/C10H8N2O3S.C10H16N2.ClH/c13-8-6-4-2-1-3-5(4)16-9(6)12-7(11-8)10(14)15;11-7-9-1-2-10(8-12,5-3-9)6-4-9;/h1-3H2,(H,14,15)(H,11,12,13);1-7,11H2;1H. The third kappa shape index (κ3) is 3.79. The van der Waals surface area contributed by atoms with Crippen LogP contribution in [-0.2, 0) is 12.8 Å². The van der Waals surface area contributed by atoms with E-state index in [2.05, 4.69) is 16.0 Å². The Balaban J connectivity index is 0.000000167. The molecule has 3 fully saturated rings. The van der Waals surface area contributed by atoms with E-state index in [1.807, 2.05) is 0 Å². The average molecular weight is 437 g/mol. The summed E-state index contributed by atoms with van der Waals surface area (Å²) in [6, 6.07) is 2.51. The third-order valence-corrected chi connectivity index (χ3v) is 8.04. The summed E-state index contributed by atoms with van der Waals surface area (Å²) in [5, 5.41) is 18.4. The second-order valence-corrected chi connectivity index (χ2v) is 9.44. The van der Waals surface area contributed by atoms with Gasteiger partial charge in [-0.1, -0.05) is 0 Å². The van der Waals surface area contributed by atoms with Crippen molar-refractivity contribution in [1.82, 2.24) is 9.97 Å². The van der Waals surface area contributed by atoms with Crippen molar-refractivity contribution in [3.63, 3.8) is 0 Å². The molecule has 7 nitrogen and oxygen atoms in total. The topological polar surface area (TPSA) is 133 Å². The first-order valence-corrected chi connectivity index (χ1v) is 10.6. The van der Waals surface area contributed by atoms with Gasteiger partial charge in [-0.25, -0.2) is 9.78 Å². The van der Waals surface area contributed by atoms with Crippen molar-refractivity contribution >= 4 is 39.9 Å². The van der Waals surface area contributed by atoms with Gasteiger partial charge in [-0.3, -0.25) is 4.79 Å². The highest BCUT2D eigenvalue weighted by atomic mass is 35.5. The first-order valence-electron chi connectivity index (χ1n) is 9.80. The Morgan fingerprint density at radius 2 is 1.90 bits per heavy atom. The number of aromatic carboxylic acids is 1. The van der Waals surface area contributed by atoms with Crippen LogP contribution in [0.2, 0.25) is 0 Å². The Bertz CT molecular complexity index is 1010. The number of carboxylic acid groups (broad SMARTS) is 1. The Hall–Kier alpha value is -1.95. The van der Waals surface area contributed by atoms with Crippen molar-refractivity contribution in [3.05, 3.63) is 26.6 Å². The second kappa shape index (κ2) is 8.05. The van der Waals surface area contributed by atoms with Crippen molar-refractivity contribution in [2.45, 2.75) is 57.8 Å². The largest absolute Gasteiger partial charge is 0.475 e. The second-order valence-electron chi connectivity index (χ2n) is 8.35. The summed E-state index contributed by atoms with van der Waals surface area (Å²) in [5.74, 6) is -1.48. The predicted molar refractivity (Wildman–Crippen MR) is 114 cm³/mol. The summed E-state index contributed by atoms with van der Waals surface area (Å²) in [4.78, 5) is 30.5. The van der Waals surface area contributed by atoms with Gasteiger partial charge in [0.2, 0.25) is 5.82 Å². The highest BCUT2D eigenvalue weighted by Crippen LogP contribution is 2.55. The number of nitriles is 1. The molecule has 4 N–H and O–H groups in total. The van der Waals surface area contributed by atoms with Gasteiger partial charge in [0.05, 0.1) is 16.9 Å². The smallest absolute Gasteiger partial charge is 0.372 e. The normalized spacial score (nSPS) is 26.8. The molecule has 2 bridgehead atoms. The molecule has 4 aliphatic carbocycles. The molecule has 0 saturated heterocycles. The molecule has 3 saturated carbocycles. The fraction of sp³-hybridized carbons (Fsp3) is 0.600. The maximum atomic E-state index is 11.8. The maximum absolute atomic E-state index is 11.8. The lowest BCUT2D eigenvalue weighted by atomic mass is 9.54. The van der Waals surface area contributed by atoms with Crippen LogP contribution < -0.4 is 11.3 Å². The number of fused-ring (bicyclic) bond motifs is 6. The molecule has 2 aromatic heterocycles. The zero-order chi connectivity index (χ0) is 19.9. The minimum absolute atomic E-state index is 0. The summed E-state index contributed by atoms with van der Waals surface area (Å²) in [6.45, 7) is 0.828. The summed E-state index contributed by atoms with van der Waals surface area (Å²) in [6.07, 6.45) is 9.80. The number of nitrogens with zero attached hydrogens (tertiary/aromatic N) is 2. The molecule has 0 aromatic carbocycles. The number of halogens is 1. The number of rotatable bonds is 2. The number of aryl methyl sites for hydroxylation is 2. The van der Waals surface area contributed by atoms with Crippen LogP contribution in [0.25, 0.3) is 10.2 Å². The Morgan fingerprint density at radius 1 is 1.24 bits per heavy atom. The Labute approximate surface area is 178 Å². The number of H-pyrrole nitrogens is 1. The van der Waals surface area contributed by atoms with Crippen LogP contribution in [-0.4, -0.2) is 27.6 Å². The molecule has 0 unspecified atom stereocenters. The fourth-order valence-electron chi connectivity index (χ4n) is 4.84. The molecule has 2 heterocycles. The van der Waals surface area contributed by atoms with Crippen LogP contribution in [0.15, 0.2) is 4.79 Å². The van der Waals surface area contributed by atoms with E-state index in [0.717, 1.165) is 50.6 Å². The van der Waals surface area contributed by atoms with Crippen LogP contribution in [0.4, 0.5) is 0 Å². The fourth-order valence-corrected chi connectivity index (χ4v) is 6.10. The van der Waals surface area contributed by atoms with Crippen LogP contribution in [0, 0.1) is 22.2 Å². The van der Waals surface area contributed by atoms with Gasteiger partial charge in [-0.15, -0.1) is 23.7 Å². The van der Waals surface area contributed by atoms with E-state index in [1.165, 1.54) is 35.5 Å². The van der Waals surface area contributed by atoms with Crippen LogP contribution in [0.5, 0.6) is 0 Å². The lowest BCUT2D eigenvalue weighted by molar-refractivity contribution is 0.0331. The predicted octanol–water partition coefficient (Wildman–Crippen LogP) is 3.40. The summed E-state index contributed by atoms with van der Waals surface area (Å²) in [5.41, 5.74) is 6.99. The minimum Gasteiger partial charge on any atom is -0.475 e. The van der Waals surface area contributed by atoms with E-state index >= 15 is 0 Å². The molecule has 4 aliphatic rings. The molecular weight excluding hydrogens is 412 g/mol. The van der Waals surface area contributed by atoms with Gasteiger partial charge in [0.15, 0.2) is 0 Å². The van der Waals surface area contributed by atoms with Crippen molar-refractivity contribution in [2.24, 2.45) is 16.6 Å². The monoisotopic (exact) mass is 436 g/mol. The number of hydrogen-bond acceptors (Lipinski definition) is 6. The quantitative estimate of drug-likeness (QED) is 0.660. The number of aromatic nitrogens is 2. The molecule has 0 amide bonds. The molecule has 29 heavy (non-hydrogen) atoms. The first kappa shape index (κ1) is 21.8. The van der Waals surface area contributed by atoms with Crippen molar-refractivity contribution in [1.29, 1.82) is 5.26 Å². The number of carbonyl (C=O) groups is 1. The Morgan fingerprint density at radius 3 is 2.45 bits per heavy atom. The first-order chi connectivity index (χ1) is 13.4. The highest BCUT2D eigenvalue weighted by Gasteiger charge is 2.47. The van der Waals surface area contributed by atoms with Gasteiger partial charge in [0.1, 0.15) is 4.83 Å². The van der Waals surface area contributed by atoms with Gasteiger partial charge >= 0.3 is 5.97 Å². The molecule has 0 spiro atoms. The van der Waals surface area contributed by atoms with Crippen molar-refractivity contribution in [2.75, 3.05) is 6.54 Å². The van der Waals surface area contributed by atoms with E-state index < -0.39 is 5.97 Å². The molecule has 0 radical (unpaired) electrons. The van der Waals surface area contributed by atoms with E-state index in [4.69, 9.17) is 16.1 Å². The number of aromatic amines is 1. The summed E-state index contributed by atoms with van der Waals surface area (Å²) >= 11 is 1.44. The average Bonchev–Trinajstić information content (AvgIpc) is 3.30. The van der Waals surface area contributed by atoms with Crippen LogP contribution >= 0.6 is 23.7 Å². The molecular formula is C20H25ClN4O3S. The Kier molecular flexibility index (Phi) is 6.04. The molecule has 9 heteroatoms. The minimum atomic E-state index is -1.20.